The molecule has 5 nitrogen and oxygen atoms in total. The Kier molecular flexibility index (Phi) is 3.87. The number of nitrogens with one attached hydrogen (secondary N) is 1. The van der Waals surface area contributed by atoms with Crippen LogP contribution in [0.2, 0.25) is 6.82 Å². The lowest BCUT2D eigenvalue weighted by molar-refractivity contribution is 0.291. The highest BCUT2D eigenvalue weighted by atomic mass is 16.5. The number of nitrogens with zero attached hydrogens (tertiary/aromatic N) is 2. The van der Waals surface area contributed by atoms with Crippen LogP contribution in [-0.2, 0) is 11.3 Å². The van der Waals surface area contributed by atoms with Crippen molar-refractivity contribution in [3.63, 3.8) is 0 Å². The summed E-state index contributed by atoms with van der Waals surface area (Å²) in [6.07, 6.45) is 2.42. The summed E-state index contributed by atoms with van der Waals surface area (Å²) in [7, 11) is 0. The normalized spacial score (nSPS) is 15.8. The van der Waals surface area contributed by atoms with Gasteiger partial charge in [0.25, 0.3) is 0 Å². The molecule has 2 aliphatic rings. The topological polar surface area (TPSA) is 47.7 Å². The molecule has 0 atom stereocenters. The molecule has 1 aromatic heterocycles. The smallest absolute Gasteiger partial charge is 0.324 e. The minimum atomic E-state index is 0.160. The molecular weight excluding hydrogens is 301 g/mol. The van der Waals surface area contributed by atoms with E-state index in [0.717, 1.165) is 5.69 Å². The number of aromatic nitrogens is 1. The van der Waals surface area contributed by atoms with Gasteiger partial charge >= 0.3 is 6.92 Å². The maximum absolute atomic E-state index is 7.25. The number of ether oxygens (including phenoxy) is 1. The minimum absolute atomic E-state index is 0.160. The van der Waals surface area contributed by atoms with Gasteiger partial charge in [0.05, 0.1) is 19.8 Å². The van der Waals surface area contributed by atoms with Crippen LogP contribution in [0.15, 0.2) is 30.3 Å². The largest absolute Gasteiger partial charge is 0.486 e. The Bertz CT molecular complexity index is 814. The highest BCUT2D eigenvalue weighted by Crippen LogP contribution is 2.33. The van der Waals surface area contributed by atoms with Gasteiger partial charge in [-0.3, -0.25) is 0 Å². The fourth-order valence-electron chi connectivity index (χ4n) is 2.83. The van der Waals surface area contributed by atoms with E-state index in [2.05, 4.69) is 34.1 Å². The Balaban J connectivity index is 1.53. The summed E-state index contributed by atoms with van der Waals surface area (Å²) in [5.74, 6) is 1.72. The van der Waals surface area contributed by atoms with Crippen LogP contribution in [0.3, 0.4) is 0 Å². The van der Waals surface area contributed by atoms with E-state index in [4.69, 9.17) is 16.0 Å². The zero-order valence-corrected chi connectivity index (χ0v) is 13.6. The van der Waals surface area contributed by atoms with E-state index >= 15 is 0 Å². The Morgan fingerprint density at radius 3 is 3.04 bits per heavy atom. The van der Waals surface area contributed by atoms with Crippen molar-refractivity contribution in [1.82, 2.24) is 4.98 Å². The summed E-state index contributed by atoms with van der Waals surface area (Å²) in [5, 5.41) is 3.29. The SMILES string of the molecule is [C-]#[N+]c1ccc(Nc2ccc3c(c2)COB3C)nc1OCC1CC1. The van der Waals surface area contributed by atoms with Crippen molar-refractivity contribution in [1.29, 1.82) is 0 Å². The molecule has 1 N–H and O–H groups in total. The summed E-state index contributed by atoms with van der Waals surface area (Å²) >= 11 is 0. The number of pyridine rings is 1. The van der Waals surface area contributed by atoms with Gasteiger partial charge in [-0.1, -0.05) is 12.9 Å². The molecule has 1 aliphatic carbocycles. The highest BCUT2D eigenvalue weighted by molar-refractivity contribution is 6.67. The Morgan fingerprint density at radius 2 is 2.25 bits per heavy atom. The van der Waals surface area contributed by atoms with E-state index in [0.29, 0.717) is 36.5 Å². The number of hydrogen-bond acceptors (Lipinski definition) is 4. The molecular formula is C18H18BN3O2. The Labute approximate surface area is 141 Å². The quantitative estimate of drug-likeness (QED) is 0.677. The zero-order chi connectivity index (χ0) is 16.5. The van der Waals surface area contributed by atoms with E-state index < -0.39 is 0 Å². The fourth-order valence-corrected chi connectivity index (χ4v) is 2.83. The van der Waals surface area contributed by atoms with Crippen LogP contribution in [0, 0.1) is 12.5 Å². The number of fused-ring (bicyclic) bond motifs is 1. The fraction of sp³-hybridized carbons (Fsp3) is 0.333. The molecule has 0 amide bonds. The van der Waals surface area contributed by atoms with Crippen molar-refractivity contribution in [3.8, 4) is 5.88 Å². The van der Waals surface area contributed by atoms with Crippen LogP contribution < -0.4 is 15.5 Å². The van der Waals surface area contributed by atoms with Gasteiger partial charge in [-0.25, -0.2) is 9.83 Å². The van der Waals surface area contributed by atoms with Crippen molar-refractivity contribution in [2.24, 2.45) is 5.92 Å². The third-order valence-electron chi connectivity index (χ3n) is 4.46. The van der Waals surface area contributed by atoms with Gasteiger partial charge in [-0.05, 0) is 54.1 Å². The first kappa shape index (κ1) is 15.0. The summed E-state index contributed by atoms with van der Waals surface area (Å²) in [4.78, 5) is 7.96. The Morgan fingerprint density at radius 1 is 1.38 bits per heavy atom. The molecule has 2 aromatic rings. The Hall–Kier alpha value is -2.52. The molecule has 4 rings (SSSR count). The predicted molar refractivity (Wildman–Crippen MR) is 94.5 cm³/mol. The molecule has 2 heterocycles. The summed E-state index contributed by atoms with van der Waals surface area (Å²) in [6, 6.07) is 9.77. The first-order valence-corrected chi connectivity index (χ1v) is 8.25. The number of anilines is 2. The second kappa shape index (κ2) is 6.18. The van der Waals surface area contributed by atoms with E-state index in [1.54, 1.807) is 6.07 Å². The molecule has 1 saturated carbocycles. The van der Waals surface area contributed by atoms with E-state index in [-0.39, 0.29) is 6.92 Å². The third kappa shape index (κ3) is 3.08. The van der Waals surface area contributed by atoms with Crippen molar-refractivity contribution in [3.05, 3.63) is 47.3 Å². The van der Waals surface area contributed by atoms with Crippen LogP contribution in [0.1, 0.15) is 18.4 Å². The molecule has 0 spiro atoms. The maximum atomic E-state index is 7.25. The van der Waals surface area contributed by atoms with E-state index in [1.807, 2.05) is 12.1 Å². The van der Waals surface area contributed by atoms with E-state index in [1.165, 1.54) is 23.9 Å². The van der Waals surface area contributed by atoms with Crippen molar-refractivity contribution < 1.29 is 9.39 Å². The van der Waals surface area contributed by atoms with Gasteiger partial charge in [0.2, 0.25) is 11.6 Å². The zero-order valence-electron chi connectivity index (χ0n) is 13.6. The molecule has 0 radical (unpaired) electrons. The average molecular weight is 319 g/mol. The maximum Gasteiger partial charge on any atom is 0.324 e. The second-order valence-corrected chi connectivity index (χ2v) is 6.38. The van der Waals surface area contributed by atoms with Crippen LogP contribution in [0.25, 0.3) is 4.85 Å². The van der Waals surface area contributed by atoms with Crippen LogP contribution in [0.4, 0.5) is 17.2 Å². The third-order valence-corrected chi connectivity index (χ3v) is 4.46. The van der Waals surface area contributed by atoms with Gasteiger partial charge in [0.15, 0.2) is 0 Å². The van der Waals surface area contributed by atoms with Gasteiger partial charge < -0.3 is 14.7 Å². The summed E-state index contributed by atoms with van der Waals surface area (Å²) < 4.78 is 11.4. The van der Waals surface area contributed by atoms with Gasteiger partial charge in [0.1, 0.15) is 5.82 Å². The number of rotatable bonds is 5. The second-order valence-electron chi connectivity index (χ2n) is 6.38. The average Bonchev–Trinajstić information content (AvgIpc) is 3.36. The van der Waals surface area contributed by atoms with Crippen LogP contribution >= 0.6 is 0 Å². The molecule has 1 aromatic carbocycles. The molecule has 1 aliphatic heterocycles. The van der Waals surface area contributed by atoms with Crippen molar-refractivity contribution in [2.45, 2.75) is 26.3 Å². The lowest BCUT2D eigenvalue weighted by atomic mass is 9.64. The number of hydrogen-bond donors (Lipinski definition) is 1. The molecule has 1 fully saturated rings. The van der Waals surface area contributed by atoms with Crippen LogP contribution in [0.5, 0.6) is 5.88 Å². The minimum Gasteiger partial charge on any atom is -0.486 e. The van der Waals surface area contributed by atoms with Gasteiger partial charge in [-0.2, -0.15) is 0 Å². The lowest BCUT2D eigenvalue weighted by Gasteiger charge is -2.11. The first-order chi connectivity index (χ1) is 11.7. The van der Waals surface area contributed by atoms with E-state index in [9.17, 15) is 0 Å². The van der Waals surface area contributed by atoms with Crippen LogP contribution in [-0.4, -0.2) is 18.5 Å². The number of benzene rings is 1. The highest BCUT2D eigenvalue weighted by Gasteiger charge is 2.24. The molecule has 24 heavy (non-hydrogen) atoms. The summed E-state index contributed by atoms with van der Waals surface area (Å²) in [6.45, 7) is 10.8. The molecule has 0 bridgehead atoms. The molecule has 0 unspecified atom stereocenters. The predicted octanol–water partition coefficient (Wildman–Crippen LogP) is 3.52. The van der Waals surface area contributed by atoms with Gasteiger partial charge in [0, 0.05) is 5.69 Å². The van der Waals surface area contributed by atoms with Gasteiger partial charge in [-0.15, -0.1) is 0 Å². The molecule has 0 saturated heterocycles. The molecule has 120 valence electrons. The lowest BCUT2D eigenvalue weighted by Crippen LogP contribution is -2.23. The van der Waals surface area contributed by atoms with Crippen molar-refractivity contribution >= 4 is 29.6 Å². The van der Waals surface area contributed by atoms with Crippen molar-refractivity contribution in [2.75, 3.05) is 11.9 Å². The molecule has 6 heteroatoms. The summed E-state index contributed by atoms with van der Waals surface area (Å²) in [5.41, 5.74) is 3.86. The monoisotopic (exact) mass is 319 g/mol. The standard InChI is InChI=1S/C18H18BN3O2/c1-19-15-6-5-14(9-13(15)11-24-19)21-17-8-7-16(20-2)18(22-17)23-10-12-3-4-12/h5-9,12H,3-4,10-11H2,1H3,(H,21,22). The first-order valence-electron chi connectivity index (χ1n) is 8.25.